The molecule has 0 saturated carbocycles. The van der Waals surface area contributed by atoms with Gasteiger partial charge in [-0.05, 0) is 35.7 Å². The summed E-state index contributed by atoms with van der Waals surface area (Å²) in [5.41, 5.74) is 0.521. The summed E-state index contributed by atoms with van der Waals surface area (Å²) in [4.78, 5) is 14.9. The number of nitrogens with one attached hydrogen (secondary N) is 2. The van der Waals surface area contributed by atoms with Gasteiger partial charge in [-0.2, -0.15) is 5.26 Å². The molecule has 7 heteroatoms. The molecule has 0 bridgehead atoms. The Kier molecular flexibility index (Phi) is 5.99. The molecule has 1 fully saturated rings. The van der Waals surface area contributed by atoms with Crippen LogP contribution in [0.4, 0.5) is 5.00 Å². The van der Waals surface area contributed by atoms with Gasteiger partial charge in [-0.1, -0.05) is 6.07 Å². The van der Waals surface area contributed by atoms with E-state index >= 15 is 0 Å². The Bertz CT molecular complexity index is 700. The van der Waals surface area contributed by atoms with Crippen LogP contribution in [0.2, 0.25) is 0 Å². The predicted molar refractivity (Wildman–Crippen MR) is 95.4 cm³/mol. The van der Waals surface area contributed by atoms with Crippen LogP contribution in [0.1, 0.15) is 23.3 Å². The highest BCUT2D eigenvalue weighted by atomic mass is 32.1. The largest absolute Gasteiger partial charge is 0.372 e. The van der Waals surface area contributed by atoms with Gasteiger partial charge in [0.25, 0.3) is 5.91 Å². The lowest BCUT2D eigenvalue weighted by molar-refractivity contribution is -0.908. The van der Waals surface area contributed by atoms with Gasteiger partial charge in [0.15, 0.2) is 6.54 Å². The van der Waals surface area contributed by atoms with Crippen molar-refractivity contribution in [1.82, 2.24) is 0 Å². The summed E-state index contributed by atoms with van der Waals surface area (Å²) in [6.07, 6.45) is 2.41. The van der Waals surface area contributed by atoms with Crippen LogP contribution in [-0.4, -0.2) is 31.7 Å². The zero-order valence-corrected chi connectivity index (χ0v) is 14.9. The van der Waals surface area contributed by atoms with E-state index in [-0.39, 0.29) is 12.0 Å². The summed E-state index contributed by atoms with van der Waals surface area (Å²) in [5.74, 6) is -0.0569. The predicted octanol–water partition coefficient (Wildman–Crippen LogP) is 1.88. The van der Waals surface area contributed by atoms with E-state index in [9.17, 15) is 4.79 Å². The lowest BCUT2D eigenvalue weighted by atomic mass is 10.2. The molecule has 2 aromatic heterocycles. The van der Waals surface area contributed by atoms with E-state index in [1.807, 2.05) is 11.4 Å². The molecule has 0 radical (unpaired) electrons. The first-order valence-corrected chi connectivity index (χ1v) is 9.75. The second-order valence-corrected chi connectivity index (χ2v) is 7.79. The highest BCUT2D eigenvalue weighted by Crippen LogP contribution is 2.21. The van der Waals surface area contributed by atoms with E-state index in [0.717, 1.165) is 32.5 Å². The van der Waals surface area contributed by atoms with Gasteiger partial charge in [-0.15, -0.1) is 22.7 Å². The van der Waals surface area contributed by atoms with Crippen molar-refractivity contribution in [3.05, 3.63) is 39.4 Å². The molecular weight excluding hydrogens is 342 g/mol. The lowest BCUT2D eigenvalue weighted by Crippen LogP contribution is -3.12. The van der Waals surface area contributed by atoms with Gasteiger partial charge >= 0.3 is 0 Å². The third-order valence-corrected chi connectivity index (χ3v) is 5.70. The minimum absolute atomic E-state index is 0.0569. The summed E-state index contributed by atoms with van der Waals surface area (Å²) in [6, 6.07) is 7.96. The summed E-state index contributed by atoms with van der Waals surface area (Å²) >= 11 is 3.09. The van der Waals surface area contributed by atoms with E-state index in [1.165, 1.54) is 21.1 Å². The molecule has 126 valence electrons. The van der Waals surface area contributed by atoms with Gasteiger partial charge in [0, 0.05) is 6.61 Å². The van der Waals surface area contributed by atoms with Crippen molar-refractivity contribution in [3.8, 4) is 6.07 Å². The zero-order chi connectivity index (χ0) is 16.8. The van der Waals surface area contributed by atoms with Gasteiger partial charge in [-0.25, -0.2) is 0 Å². The number of anilines is 1. The van der Waals surface area contributed by atoms with Gasteiger partial charge in [0.1, 0.15) is 30.3 Å². The summed E-state index contributed by atoms with van der Waals surface area (Å²) in [7, 11) is 0. The van der Waals surface area contributed by atoms with E-state index in [4.69, 9.17) is 10.00 Å². The Hall–Kier alpha value is -1.72. The topological polar surface area (TPSA) is 66.6 Å². The van der Waals surface area contributed by atoms with Crippen molar-refractivity contribution in [2.24, 2.45) is 0 Å². The van der Waals surface area contributed by atoms with Crippen LogP contribution in [0, 0.1) is 11.3 Å². The third-order valence-electron chi connectivity index (χ3n) is 3.99. The summed E-state index contributed by atoms with van der Waals surface area (Å²) < 4.78 is 5.74. The number of carbonyl (C=O) groups excluding carboxylic acids is 1. The fourth-order valence-corrected chi connectivity index (χ4v) is 4.42. The van der Waals surface area contributed by atoms with Gasteiger partial charge < -0.3 is 15.0 Å². The van der Waals surface area contributed by atoms with E-state index < -0.39 is 0 Å². The number of ether oxygens (including phenoxy) is 1. The van der Waals surface area contributed by atoms with Crippen molar-refractivity contribution in [2.45, 2.75) is 25.5 Å². The number of hydrogen-bond donors (Lipinski definition) is 2. The number of rotatable bonds is 7. The summed E-state index contributed by atoms with van der Waals surface area (Å²) in [5, 5.41) is 16.4. The fraction of sp³-hybridized carbons (Fsp3) is 0.412. The van der Waals surface area contributed by atoms with Crippen molar-refractivity contribution < 1.29 is 14.4 Å². The van der Waals surface area contributed by atoms with E-state index in [1.54, 1.807) is 17.4 Å². The molecule has 1 amide bonds. The molecule has 0 spiro atoms. The van der Waals surface area contributed by atoms with Crippen LogP contribution >= 0.6 is 22.7 Å². The molecule has 3 heterocycles. The maximum absolute atomic E-state index is 12.4. The van der Waals surface area contributed by atoms with Crippen LogP contribution in [0.15, 0.2) is 29.0 Å². The summed E-state index contributed by atoms with van der Waals surface area (Å²) in [6.45, 7) is 2.85. The molecule has 1 aliphatic heterocycles. The van der Waals surface area contributed by atoms with Gasteiger partial charge in [0.2, 0.25) is 0 Å². The highest BCUT2D eigenvalue weighted by Gasteiger charge is 2.24. The SMILES string of the molecule is N#Cc1ccsc1NC(=O)C[NH+](Cc1cccs1)C[C@@H]1CCCO1. The molecule has 2 atom stereocenters. The van der Waals surface area contributed by atoms with Crippen molar-refractivity contribution in [1.29, 1.82) is 5.26 Å². The molecular formula is C17H20N3O2S2+. The normalized spacial score (nSPS) is 18.2. The number of amides is 1. The number of carbonyl (C=O) groups is 1. The van der Waals surface area contributed by atoms with Crippen molar-refractivity contribution in [3.63, 3.8) is 0 Å². The minimum Gasteiger partial charge on any atom is -0.372 e. The molecule has 24 heavy (non-hydrogen) atoms. The Labute approximate surface area is 149 Å². The average Bonchev–Trinajstić information content (AvgIpc) is 3.29. The Morgan fingerprint density at radius 1 is 1.42 bits per heavy atom. The standard InChI is InChI=1S/C17H19N3O2S2/c18-9-13-5-8-24-17(13)19-16(21)12-20(10-14-3-1-6-22-14)11-15-4-2-7-23-15/h2,4-5,7-8,14H,1,3,6,10-12H2,(H,19,21)/p+1/t14-/m0/s1. The number of hydrogen-bond acceptors (Lipinski definition) is 5. The quantitative estimate of drug-likeness (QED) is 0.790. The fourth-order valence-electron chi connectivity index (χ4n) is 2.89. The van der Waals surface area contributed by atoms with Crippen LogP contribution in [-0.2, 0) is 16.1 Å². The molecule has 2 aromatic rings. The maximum atomic E-state index is 12.4. The Balaban J connectivity index is 1.61. The Morgan fingerprint density at radius 2 is 2.33 bits per heavy atom. The molecule has 1 saturated heterocycles. The number of nitriles is 1. The average molecular weight is 363 g/mol. The Morgan fingerprint density at radius 3 is 3.04 bits per heavy atom. The molecule has 2 N–H and O–H groups in total. The molecule has 3 rings (SSSR count). The number of thiophene rings is 2. The minimum atomic E-state index is -0.0569. The first-order valence-electron chi connectivity index (χ1n) is 7.99. The van der Waals surface area contributed by atoms with Crippen molar-refractivity contribution in [2.75, 3.05) is 25.0 Å². The molecule has 5 nitrogen and oxygen atoms in total. The van der Waals surface area contributed by atoms with Crippen LogP contribution < -0.4 is 10.2 Å². The monoisotopic (exact) mass is 362 g/mol. The maximum Gasteiger partial charge on any atom is 0.280 e. The van der Waals surface area contributed by atoms with Crippen molar-refractivity contribution >= 4 is 33.6 Å². The zero-order valence-electron chi connectivity index (χ0n) is 13.3. The highest BCUT2D eigenvalue weighted by molar-refractivity contribution is 7.14. The van der Waals surface area contributed by atoms with Crippen LogP contribution in [0.3, 0.4) is 0 Å². The third kappa shape index (κ3) is 4.65. The number of quaternary nitrogens is 1. The molecule has 1 unspecified atom stereocenters. The van der Waals surface area contributed by atoms with E-state index in [2.05, 4.69) is 22.8 Å². The number of nitrogens with zero attached hydrogens (tertiary/aromatic N) is 1. The first kappa shape index (κ1) is 17.1. The van der Waals surface area contributed by atoms with Gasteiger partial charge in [0.05, 0.1) is 10.4 Å². The smallest absolute Gasteiger partial charge is 0.280 e. The van der Waals surface area contributed by atoms with E-state index in [0.29, 0.717) is 17.1 Å². The second-order valence-electron chi connectivity index (χ2n) is 5.85. The lowest BCUT2D eigenvalue weighted by Gasteiger charge is -2.21. The first-order chi connectivity index (χ1) is 11.7. The molecule has 0 aliphatic carbocycles. The van der Waals surface area contributed by atoms with Gasteiger partial charge in [-0.3, -0.25) is 4.79 Å². The molecule has 1 aliphatic rings. The second kappa shape index (κ2) is 8.40. The van der Waals surface area contributed by atoms with Crippen LogP contribution in [0.5, 0.6) is 0 Å². The molecule has 0 aromatic carbocycles. The van der Waals surface area contributed by atoms with Crippen LogP contribution in [0.25, 0.3) is 0 Å².